The fourth-order valence-electron chi connectivity index (χ4n) is 2.05. The lowest BCUT2D eigenvalue weighted by molar-refractivity contribution is -0.140. The second kappa shape index (κ2) is 6.81. The largest absolute Gasteiger partial charge is 0.469 e. The highest BCUT2D eigenvalue weighted by atomic mass is 32.2. The summed E-state index contributed by atoms with van der Waals surface area (Å²) in [5.74, 6) is 1.08. The minimum Gasteiger partial charge on any atom is -0.469 e. The molecule has 1 aromatic carbocycles. The van der Waals surface area contributed by atoms with E-state index >= 15 is 0 Å². The van der Waals surface area contributed by atoms with Gasteiger partial charge in [-0.25, -0.2) is 0 Å². The van der Waals surface area contributed by atoms with Gasteiger partial charge in [-0.15, -0.1) is 11.8 Å². The summed E-state index contributed by atoms with van der Waals surface area (Å²) in [5, 5.41) is 3.27. The molecule has 3 nitrogen and oxygen atoms in total. The first kappa shape index (κ1) is 13.4. The van der Waals surface area contributed by atoms with Crippen molar-refractivity contribution < 1.29 is 9.53 Å². The molecular formula is C14H19NO2S. The van der Waals surface area contributed by atoms with Gasteiger partial charge in [0.1, 0.15) is 0 Å². The van der Waals surface area contributed by atoms with Crippen LogP contribution in [0.2, 0.25) is 0 Å². The summed E-state index contributed by atoms with van der Waals surface area (Å²) < 4.78 is 4.60. The van der Waals surface area contributed by atoms with Gasteiger partial charge in [-0.2, -0.15) is 0 Å². The fourth-order valence-corrected chi connectivity index (χ4v) is 3.07. The lowest BCUT2D eigenvalue weighted by atomic mass is 10.1. The first-order chi connectivity index (χ1) is 8.79. The normalized spacial score (nSPS) is 14.1. The maximum atomic E-state index is 10.9. The quantitative estimate of drug-likeness (QED) is 0.655. The Kier molecular flexibility index (Phi) is 5.08. The van der Waals surface area contributed by atoms with Crippen molar-refractivity contribution in [2.24, 2.45) is 0 Å². The zero-order chi connectivity index (χ0) is 12.8. The monoisotopic (exact) mass is 265 g/mol. The number of thioether (sulfide) groups is 1. The molecule has 1 aliphatic rings. The van der Waals surface area contributed by atoms with Crippen LogP contribution in [0.15, 0.2) is 23.1 Å². The zero-order valence-electron chi connectivity index (χ0n) is 10.7. The molecule has 0 spiro atoms. The van der Waals surface area contributed by atoms with Gasteiger partial charge in [0.2, 0.25) is 0 Å². The maximum absolute atomic E-state index is 10.9. The van der Waals surface area contributed by atoms with Gasteiger partial charge in [-0.1, -0.05) is 12.1 Å². The van der Waals surface area contributed by atoms with Crippen molar-refractivity contribution in [2.75, 3.05) is 19.4 Å². The summed E-state index contributed by atoms with van der Waals surface area (Å²) in [6, 6.07) is 6.67. The van der Waals surface area contributed by atoms with Crippen LogP contribution in [0.5, 0.6) is 0 Å². The van der Waals surface area contributed by atoms with E-state index in [0.29, 0.717) is 13.0 Å². The van der Waals surface area contributed by atoms with Gasteiger partial charge in [0.05, 0.1) is 13.5 Å². The van der Waals surface area contributed by atoms with Crippen LogP contribution in [0.25, 0.3) is 0 Å². The minimum absolute atomic E-state index is 0.163. The van der Waals surface area contributed by atoms with Crippen LogP contribution in [0.4, 0.5) is 0 Å². The molecule has 0 bridgehead atoms. The number of ether oxygens (including phenoxy) is 1. The van der Waals surface area contributed by atoms with Crippen molar-refractivity contribution >= 4 is 17.7 Å². The van der Waals surface area contributed by atoms with Crippen LogP contribution in [-0.2, 0) is 22.5 Å². The predicted molar refractivity (Wildman–Crippen MR) is 73.8 cm³/mol. The number of hydrogen-bond acceptors (Lipinski definition) is 4. The second-order valence-corrected chi connectivity index (χ2v) is 5.53. The second-order valence-electron chi connectivity index (χ2n) is 4.40. The van der Waals surface area contributed by atoms with Gasteiger partial charge in [0.15, 0.2) is 0 Å². The number of rotatable bonds is 5. The number of carbonyl (C=O) groups excluding carboxylic acids is 1. The summed E-state index contributed by atoms with van der Waals surface area (Å²) in [4.78, 5) is 12.4. The Morgan fingerprint density at radius 2 is 2.39 bits per heavy atom. The molecule has 2 rings (SSSR count). The zero-order valence-corrected chi connectivity index (χ0v) is 11.5. The Bertz CT molecular complexity index is 420. The third kappa shape index (κ3) is 3.75. The Balaban J connectivity index is 1.81. The van der Waals surface area contributed by atoms with E-state index in [-0.39, 0.29) is 5.97 Å². The van der Waals surface area contributed by atoms with E-state index < -0.39 is 0 Å². The molecule has 0 aliphatic carbocycles. The SMILES string of the molecule is COC(=O)CCNCc1ccc2c(c1)CCCS2. The Labute approximate surface area is 112 Å². The molecule has 1 aromatic rings. The minimum atomic E-state index is -0.163. The molecule has 1 aliphatic heterocycles. The lowest BCUT2D eigenvalue weighted by Crippen LogP contribution is -2.18. The van der Waals surface area contributed by atoms with Gasteiger partial charge in [0, 0.05) is 18.0 Å². The summed E-state index contributed by atoms with van der Waals surface area (Å²) in [7, 11) is 1.42. The van der Waals surface area contributed by atoms with Crippen molar-refractivity contribution in [3.8, 4) is 0 Å². The van der Waals surface area contributed by atoms with Gasteiger partial charge < -0.3 is 10.1 Å². The van der Waals surface area contributed by atoms with Crippen LogP contribution in [-0.4, -0.2) is 25.4 Å². The van der Waals surface area contributed by atoms with Crippen LogP contribution in [0.1, 0.15) is 24.0 Å². The first-order valence-corrected chi connectivity index (χ1v) is 7.30. The molecule has 0 unspecified atom stereocenters. The van der Waals surface area contributed by atoms with Crippen LogP contribution >= 0.6 is 11.8 Å². The molecule has 0 atom stereocenters. The molecule has 0 saturated carbocycles. The van der Waals surface area contributed by atoms with Crippen molar-refractivity contribution in [2.45, 2.75) is 30.7 Å². The molecule has 0 amide bonds. The van der Waals surface area contributed by atoms with E-state index in [1.165, 1.54) is 41.7 Å². The number of fused-ring (bicyclic) bond motifs is 1. The van der Waals surface area contributed by atoms with Crippen LogP contribution < -0.4 is 5.32 Å². The molecule has 0 fully saturated rings. The summed E-state index contributed by atoms with van der Waals surface area (Å²) >= 11 is 1.95. The highest BCUT2D eigenvalue weighted by Gasteiger charge is 2.09. The smallest absolute Gasteiger partial charge is 0.306 e. The topological polar surface area (TPSA) is 38.3 Å². The first-order valence-electron chi connectivity index (χ1n) is 6.32. The average molecular weight is 265 g/mol. The summed E-state index contributed by atoms with van der Waals surface area (Å²) in [6.07, 6.45) is 2.90. The summed E-state index contributed by atoms with van der Waals surface area (Å²) in [5.41, 5.74) is 2.76. The van der Waals surface area contributed by atoms with Gasteiger partial charge >= 0.3 is 5.97 Å². The molecular weight excluding hydrogens is 246 g/mol. The molecule has 0 radical (unpaired) electrons. The molecule has 1 N–H and O–H groups in total. The third-order valence-electron chi connectivity index (χ3n) is 3.04. The predicted octanol–water partition coefficient (Wildman–Crippen LogP) is 2.38. The molecule has 0 aromatic heterocycles. The number of methoxy groups -OCH3 is 1. The third-order valence-corrected chi connectivity index (χ3v) is 4.24. The van der Waals surface area contributed by atoms with Gasteiger partial charge in [-0.05, 0) is 35.8 Å². The average Bonchev–Trinajstić information content (AvgIpc) is 2.43. The number of esters is 1. The molecule has 4 heteroatoms. The van der Waals surface area contributed by atoms with Crippen molar-refractivity contribution in [3.63, 3.8) is 0 Å². The van der Waals surface area contributed by atoms with Gasteiger partial charge in [-0.3, -0.25) is 4.79 Å². The van der Waals surface area contributed by atoms with Crippen molar-refractivity contribution in [1.82, 2.24) is 5.32 Å². The number of carbonyl (C=O) groups is 1. The van der Waals surface area contributed by atoms with E-state index in [1.54, 1.807) is 0 Å². The Morgan fingerprint density at radius 3 is 3.22 bits per heavy atom. The van der Waals surface area contributed by atoms with E-state index in [9.17, 15) is 4.79 Å². The van der Waals surface area contributed by atoms with E-state index in [2.05, 4.69) is 28.3 Å². The number of hydrogen-bond donors (Lipinski definition) is 1. The highest BCUT2D eigenvalue weighted by molar-refractivity contribution is 7.99. The highest BCUT2D eigenvalue weighted by Crippen LogP contribution is 2.30. The van der Waals surface area contributed by atoms with Gasteiger partial charge in [0.25, 0.3) is 0 Å². The van der Waals surface area contributed by atoms with Crippen molar-refractivity contribution in [3.05, 3.63) is 29.3 Å². The van der Waals surface area contributed by atoms with E-state index in [1.807, 2.05) is 11.8 Å². The van der Waals surface area contributed by atoms with Crippen LogP contribution in [0, 0.1) is 0 Å². The molecule has 1 heterocycles. The number of benzene rings is 1. The standard InChI is InChI=1S/C14H19NO2S/c1-17-14(16)6-7-15-10-11-4-5-13-12(9-11)3-2-8-18-13/h4-5,9,15H,2-3,6-8,10H2,1H3. The number of nitrogens with one attached hydrogen (secondary N) is 1. The molecule has 98 valence electrons. The Morgan fingerprint density at radius 1 is 1.50 bits per heavy atom. The van der Waals surface area contributed by atoms with Crippen molar-refractivity contribution in [1.29, 1.82) is 0 Å². The molecule has 0 saturated heterocycles. The maximum Gasteiger partial charge on any atom is 0.306 e. The molecule has 18 heavy (non-hydrogen) atoms. The Hall–Kier alpha value is -1.00. The fraction of sp³-hybridized carbons (Fsp3) is 0.500. The number of aryl methyl sites for hydroxylation is 1. The van der Waals surface area contributed by atoms with E-state index in [4.69, 9.17) is 0 Å². The van der Waals surface area contributed by atoms with E-state index in [0.717, 1.165) is 6.54 Å². The summed E-state index contributed by atoms with van der Waals surface area (Å²) in [6.45, 7) is 1.48. The lowest BCUT2D eigenvalue weighted by Gasteiger charge is -2.16. The van der Waals surface area contributed by atoms with Crippen LogP contribution in [0.3, 0.4) is 0 Å².